The van der Waals surface area contributed by atoms with Crippen molar-refractivity contribution in [2.24, 2.45) is 4.99 Å². The largest absolute Gasteiger partial charge is 0.461 e. The summed E-state index contributed by atoms with van der Waals surface area (Å²) < 4.78 is 0.639. The van der Waals surface area contributed by atoms with Gasteiger partial charge in [0, 0.05) is 0 Å². The molecular weight excluding hydrogens is 94.1 g/mol. The lowest BCUT2D eigenvalue weighted by molar-refractivity contribution is -0.685. The van der Waals surface area contributed by atoms with Crippen LogP contribution in [0, 0.1) is 5.41 Å². The highest BCUT2D eigenvalue weighted by atomic mass is 16.5. The number of hydrogen-bond acceptors (Lipinski definition) is 2. The van der Waals surface area contributed by atoms with Crippen molar-refractivity contribution in [3.05, 3.63) is 0 Å². The summed E-state index contributed by atoms with van der Waals surface area (Å²) >= 11 is 0. The summed E-state index contributed by atoms with van der Waals surface area (Å²) in [5, 5.41) is 15.1. The van der Waals surface area contributed by atoms with Crippen LogP contribution in [0.2, 0.25) is 0 Å². The maximum Gasteiger partial charge on any atom is 0.461 e. The molecule has 0 saturated carbocycles. The van der Waals surface area contributed by atoms with Gasteiger partial charge in [-0.25, -0.2) is 0 Å². The number of guanidine groups is 1. The van der Waals surface area contributed by atoms with E-state index in [2.05, 4.69) is 4.99 Å². The van der Waals surface area contributed by atoms with Gasteiger partial charge in [0.25, 0.3) is 0 Å². The first-order chi connectivity index (χ1) is 3.30. The van der Waals surface area contributed by atoms with Gasteiger partial charge >= 0.3 is 5.96 Å². The van der Waals surface area contributed by atoms with Crippen LogP contribution in [0.25, 0.3) is 0 Å². The Labute approximate surface area is 39.9 Å². The van der Waals surface area contributed by atoms with Crippen LogP contribution in [0.15, 0.2) is 4.99 Å². The van der Waals surface area contributed by atoms with E-state index in [1.165, 1.54) is 12.4 Å². The first kappa shape index (κ1) is 3.98. The number of hydrogen-bond donors (Lipinski definition) is 2. The standard InChI is InChI=1S/C3H4N3O/c4-3-5-1-2-6(3)7/h1-2H,(H2,4,5,7)/q+1. The Bertz CT molecular complexity index is 158. The van der Waals surface area contributed by atoms with Crippen LogP contribution in [0.4, 0.5) is 0 Å². The molecule has 0 saturated heterocycles. The molecule has 0 aromatic heterocycles. The van der Waals surface area contributed by atoms with Crippen LogP contribution < -0.4 is 0 Å². The molecule has 0 atom stereocenters. The maximum absolute atomic E-state index is 8.43. The molecule has 36 valence electrons. The monoisotopic (exact) mass is 98.0 g/mol. The normalized spacial score (nSPS) is 17.7. The van der Waals surface area contributed by atoms with Crippen molar-refractivity contribution in [2.75, 3.05) is 0 Å². The van der Waals surface area contributed by atoms with Crippen molar-refractivity contribution < 1.29 is 9.95 Å². The van der Waals surface area contributed by atoms with Crippen LogP contribution in [0.3, 0.4) is 0 Å². The molecule has 0 spiro atoms. The Morgan fingerprint density at radius 1 is 1.86 bits per heavy atom. The average molecular weight is 98.1 g/mol. The van der Waals surface area contributed by atoms with E-state index in [1.807, 2.05) is 0 Å². The lowest BCUT2D eigenvalue weighted by Crippen LogP contribution is -2.08. The van der Waals surface area contributed by atoms with Gasteiger partial charge in [0.1, 0.15) is 12.4 Å². The minimum Gasteiger partial charge on any atom is -0.371 e. The van der Waals surface area contributed by atoms with Gasteiger partial charge in [-0.1, -0.05) is 9.73 Å². The molecule has 1 rings (SSSR count). The molecule has 7 heavy (non-hydrogen) atoms. The third-order valence-electron chi connectivity index (χ3n) is 0.622. The van der Waals surface area contributed by atoms with Crippen molar-refractivity contribution in [1.82, 2.24) is 0 Å². The molecule has 0 aromatic rings. The summed E-state index contributed by atoms with van der Waals surface area (Å²) in [5.41, 5.74) is 0. The van der Waals surface area contributed by atoms with Gasteiger partial charge in [0.15, 0.2) is 0 Å². The van der Waals surface area contributed by atoms with E-state index in [4.69, 9.17) is 10.6 Å². The lowest BCUT2D eigenvalue weighted by atomic mass is 10.8. The fourth-order valence-corrected chi connectivity index (χ4v) is 0.297. The van der Waals surface area contributed by atoms with Gasteiger partial charge in [0.05, 0.1) is 0 Å². The first-order valence-electron chi connectivity index (χ1n) is 1.75. The van der Waals surface area contributed by atoms with E-state index in [9.17, 15) is 0 Å². The third-order valence-corrected chi connectivity index (χ3v) is 0.622. The quantitative estimate of drug-likeness (QED) is 0.311. The molecule has 0 bridgehead atoms. The molecule has 1 aliphatic heterocycles. The second-order valence-corrected chi connectivity index (χ2v) is 1.10. The zero-order valence-electron chi connectivity index (χ0n) is 3.50. The third kappa shape index (κ3) is 0.489. The van der Waals surface area contributed by atoms with Crippen LogP contribution in [0.1, 0.15) is 0 Å². The minimum atomic E-state index is -0.139. The van der Waals surface area contributed by atoms with E-state index >= 15 is 0 Å². The fraction of sp³-hybridized carbons (Fsp3) is 0. The first-order valence-corrected chi connectivity index (χ1v) is 1.75. The number of hydroxylamine groups is 1. The molecule has 4 nitrogen and oxygen atoms in total. The highest BCUT2D eigenvalue weighted by molar-refractivity contribution is 6.20. The number of nitrogens with zero attached hydrogens (tertiary/aromatic N) is 2. The van der Waals surface area contributed by atoms with E-state index in [0.29, 0.717) is 4.74 Å². The summed E-state index contributed by atoms with van der Waals surface area (Å²) in [6, 6.07) is 0. The minimum absolute atomic E-state index is 0.139. The van der Waals surface area contributed by atoms with Crippen LogP contribution >= 0.6 is 0 Å². The van der Waals surface area contributed by atoms with E-state index < -0.39 is 0 Å². The van der Waals surface area contributed by atoms with E-state index in [1.54, 1.807) is 0 Å². The van der Waals surface area contributed by atoms with Crippen molar-refractivity contribution >= 4 is 18.4 Å². The molecule has 0 fully saturated rings. The van der Waals surface area contributed by atoms with Gasteiger partial charge in [-0.2, -0.15) is 0 Å². The highest BCUT2D eigenvalue weighted by Crippen LogP contribution is 1.78. The maximum atomic E-state index is 8.43. The summed E-state index contributed by atoms with van der Waals surface area (Å²) in [5.74, 6) is -0.139. The molecule has 2 N–H and O–H groups in total. The Balaban J connectivity index is 2.89. The summed E-state index contributed by atoms with van der Waals surface area (Å²) in [4.78, 5) is 3.40. The molecule has 1 aliphatic rings. The summed E-state index contributed by atoms with van der Waals surface area (Å²) in [6.45, 7) is 0. The summed E-state index contributed by atoms with van der Waals surface area (Å²) in [7, 11) is 0. The van der Waals surface area contributed by atoms with Crippen molar-refractivity contribution in [3.63, 3.8) is 0 Å². The summed E-state index contributed by atoms with van der Waals surface area (Å²) in [6.07, 6.45) is 2.64. The number of rotatable bonds is 0. The van der Waals surface area contributed by atoms with Gasteiger partial charge in [-0.15, -0.1) is 5.41 Å². The van der Waals surface area contributed by atoms with Gasteiger partial charge in [-0.3, -0.25) is 0 Å². The number of nitrogens with one attached hydrogen (secondary N) is 1. The van der Waals surface area contributed by atoms with Gasteiger partial charge in [0.2, 0.25) is 0 Å². The molecular formula is C3H4N3O+. The van der Waals surface area contributed by atoms with Gasteiger partial charge in [-0.05, 0) is 0 Å². The predicted molar refractivity (Wildman–Crippen MR) is 24.3 cm³/mol. The zero-order valence-corrected chi connectivity index (χ0v) is 3.50. The van der Waals surface area contributed by atoms with E-state index in [-0.39, 0.29) is 5.96 Å². The second kappa shape index (κ2) is 1.14. The van der Waals surface area contributed by atoms with Crippen LogP contribution in [-0.2, 0) is 0 Å². The Morgan fingerprint density at radius 3 is 2.71 bits per heavy atom. The molecule has 1 heterocycles. The predicted octanol–water partition coefficient (Wildman–Crippen LogP) is -0.522. The van der Waals surface area contributed by atoms with Crippen LogP contribution in [0.5, 0.6) is 0 Å². The second-order valence-electron chi connectivity index (χ2n) is 1.10. The number of aliphatic imine (C=N–C) groups is 1. The van der Waals surface area contributed by atoms with E-state index in [0.717, 1.165) is 0 Å². The lowest BCUT2D eigenvalue weighted by Gasteiger charge is -1.77. The van der Waals surface area contributed by atoms with Gasteiger partial charge < -0.3 is 5.21 Å². The Morgan fingerprint density at radius 2 is 2.57 bits per heavy atom. The molecule has 0 amide bonds. The molecule has 4 heteroatoms. The Hall–Kier alpha value is -1.19. The average Bonchev–Trinajstić information content (AvgIpc) is 1.91. The SMILES string of the molecule is N=C1N=CC=[N+]1O. The molecule has 0 unspecified atom stereocenters. The Kier molecular flexibility index (Phi) is 0.651. The topological polar surface area (TPSA) is 59.5 Å². The molecule has 0 aromatic carbocycles. The van der Waals surface area contributed by atoms with Crippen molar-refractivity contribution in [1.29, 1.82) is 5.41 Å². The highest BCUT2D eigenvalue weighted by Gasteiger charge is 2.10. The van der Waals surface area contributed by atoms with Crippen LogP contribution in [-0.4, -0.2) is 28.3 Å². The smallest absolute Gasteiger partial charge is 0.371 e. The van der Waals surface area contributed by atoms with Crippen molar-refractivity contribution in [2.45, 2.75) is 0 Å². The fourth-order valence-electron chi connectivity index (χ4n) is 0.297. The molecule has 0 aliphatic carbocycles. The zero-order chi connectivity index (χ0) is 5.28. The molecule has 0 radical (unpaired) electrons. The van der Waals surface area contributed by atoms with Crippen molar-refractivity contribution in [3.8, 4) is 0 Å².